The van der Waals surface area contributed by atoms with Crippen molar-refractivity contribution in [2.45, 2.75) is 32.2 Å². The van der Waals surface area contributed by atoms with Crippen LogP contribution in [0.15, 0.2) is 36.5 Å². The summed E-state index contributed by atoms with van der Waals surface area (Å²) in [5, 5.41) is 4.19. The third-order valence-electron chi connectivity index (χ3n) is 3.62. The molecule has 1 saturated carbocycles. The van der Waals surface area contributed by atoms with Crippen LogP contribution in [-0.4, -0.2) is 10.9 Å². The van der Waals surface area contributed by atoms with Crippen LogP contribution in [0.1, 0.15) is 46.0 Å². The van der Waals surface area contributed by atoms with Gasteiger partial charge in [0.2, 0.25) is 0 Å². The summed E-state index contributed by atoms with van der Waals surface area (Å²) in [5.41, 5.74) is 1.20. The predicted molar refractivity (Wildman–Crippen MR) is 80.9 cm³/mol. The molecule has 1 atom stereocenters. The van der Waals surface area contributed by atoms with E-state index in [1.165, 1.54) is 29.7 Å². The first-order valence-corrected chi connectivity index (χ1v) is 7.90. The van der Waals surface area contributed by atoms with Gasteiger partial charge in [-0.3, -0.25) is 4.79 Å². The molecule has 1 fully saturated rings. The number of thiazole rings is 1. The number of aromatic nitrogens is 1. The van der Waals surface area contributed by atoms with Crippen molar-refractivity contribution < 1.29 is 4.79 Å². The van der Waals surface area contributed by atoms with Gasteiger partial charge in [-0.1, -0.05) is 37.3 Å². The normalized spacial score (nSPS) is 15.8. The number of amides is 1. The molecule has 1 aliphatic carbocycles. The topological polar surface area (TPSA) is 42.0 Å². The van der Waals surface area contributed by atoms with Crippen molar-refractivity contribution in [3.8, 4) is 0 Å². The number of nitrogens with one attached hydrogen (secondary N) is 1. The van der Waals surface area contributed by atoms with Gasteiger partial charge in [0.25, 0.3) is 5.91 Å². The van der Waals surface area contributed by atoms with Gasteiger partial charge in [-0.15, -0.1) is 11.3 Å². The van der Waals surface area contributed by atoms with Crippen molar-refractivity contribution in [3.05, 3.63) is 52.0 Å². The molecule has 0 radical (unpaired) electrons. The molecule has 1 heterocycles. The largest absolute Gasteiger partial charge is 0.344 e. The highest BCUT2D eigenvalue weighted by atomic mass is 32.1. The average molecular weight is 286 g/mol. The number of aryl methyl sites for hydroxylation is 1. The van der Waals surface area contributed by atoms with E-state index < -0.39 is 0 Å². The fourth-order valence-electron chi connectivity index (χ4n) is 2.35. The van der Waals surface area contributed by atoms with Crippen molar-refractivity contribution in [2.75, 3.05) is 0 Å². The molecule has 104 valence electrons. The Hall–Kier alpha value is -1.68. The Morgan fingerprint density at radius 3 is 2.75 bits per heavy atom. The number of carbonyl (C=O) groups excluding carboxylic acids is 1. The van der Waals surface area contributed by atoms with Crippen LogP contribution in [-0.2, 0) is 6.42 Å². The molecule has 4 heteroatoms. The van der Waals surface area contributed by atoms with Gasteiger partial charge >= 0.3 is 0 Å². The van der Waals surface area contributed by atoms with Gasteiger partial charge in [-0.2, -0.15) is 0 Å². The average Bonchev–Trinajstić information content (AvgIpc) is 3.21. The summed E-state index contributed by atoms with van der Waals surface area (Å²) >= 11 is 1.49. The molecule has 0 spiro atoms. The van der Waals surface area contributed by atoms with E-state index in [-0.39, 0.29) is 11.9 Å². The molecule has 1 aromatic carbocycles. The van der Waals surface area contributed by atoms with E-state index in [0.717, 1.165) is 11.4 Å². The molecule has 1 unspecified atom stereocenters. The lowest BCUT2D eigenvalue weighted by Gasteiger charge is -2.18. The van der Waals surface area contributed by atoms with Crippen molar-refractivity contribution in [1.29, 1.82) is 0 Å². The molecule has 2 aromatic rings. The first-order chi connectivity index (χ1) is 9.78. The van der Waals surface area contributed by atoms with Gasteiger partial charge in [0.15, 0.2) is 0 Å². The maximum absolute atomic E-state index is 12.3. The number of rotatable bonds is 5. The Morgan fingerprint density at radius 2 is 2.15 bits per heavy atom. The lowest BCUT2D eigenvalue weighted by atomic mass is 10.0. The first-order valence-electron chi connectivity index (χ1n) is 7.08. The summed E-state index contributed by atoms with van der Waals surface area (Å²) in [6, 6.07) is 10.4. The van der Waals surface area contributed by atoms with Crippen LogP contribution in [0.5, 0.6) is 0 Å². The Labute approximate surface area is 123 Å². The Kier molecular flexibility index (Phi) is 3.83. The second-order valence-corrected chi connectivity index (χ2v) is 6.29. The Balaban J connectivity index is 1.75. The standard InChI is InChI=1S/C16H18N2OS/c1-2-14-17-10-13(20-14)16(19)18-15(12-8-9-12)11-6-4-3-5-7-11/h3-7,10,12,15H,2,8-9H2,1H3,(H,18,19). The van der Waals surface area contributed by atoms with Crippen molar-refractivity contribution in [3.63, 3.8) is 0 Å². The van der Waals surface area contributed by atoms with Crippen LogP contribution in [0, 0.1) is 5.92 Å². The summed E-state index contributed by atoms with van der Waals surface area (Å²) in [6.07, 6.45) is 4.96. The van der Waals surface area contributed by atoms with Crippen LogP contribution < -0.4 is 5.32 Å². The third kappa shape index (κ3) is 2.90. The molecule has 0 aliphatic heterocycles. The fraction of sp³-hybridized carbons (Fsp3) is 0.375. The number of carbonyl (C=O) groups is 1. The molecule has 1 aromatic heterocycles. The zero-order chi connectivity index (χ0) is 13.9. The van der Waals surface area contributed by atoms with Crippen molar-refractivity contribution in [1.82, 2.24) is 10.3 Å². The molecule has 0 saturated heterocycles. The van der Waals surface area contributed by atoms with E-state index in [0.29, 0.717) is 10.8 Å². The van der Waals surface area contributed by atoms with E-state index in [2.05, 4.69) is 29.4 Å². The van der Waals surface area contributed by atoms with Crippen molar-refractivity contribution in [2.24, 2.45) is 5.92 Å². The fourth-order valence-corrected chi connectivity index (χ4v) is 3.11. The minimum Gasteiger partial charge on any atom is -0.344 e. The maximum Gasteiger partial charge on any atom is 0.263 e. The molecule has 3 rings (SSSR count). The molecular formula is C16H18N2OS. The summed E-state index contributed by atoms with van der Waals surface area (Å²) < 4.78 is 0. The van der Waals surface area contributed by atoms with Crippen LogP contribution in [0.3, 0.4) is 0 Å². The Morgan fingerprint density at radius 1 is 1.40 bits per heavy atom. The van der Waals surface area contributed by atoms with Crippen LogP contribution in [0.4, 0.5) is 0 Å². The molecule has 1 amide bonds. The lowest BCUT2D eigenvalue weighted by molar-refractivity contribution is 0.0935. The van der Waals surface area contributed by atoms with Gasteiger partial charge in [0.1, 0.15) is 4.88 Å². The SMILES string of the molecule is CCc1ncc(C(=O)NC(c2ccccc2)C2CC2)s1. The first kappa shape index (κ1) is 13.3. The monoisotopic (exact) mass is 286 g/mol. The minimum atomic E-state index is 0.00273. The molecule has 1 N–H and O–H groups in total. The molecule has 20 heavy (non-hydrogen) atoms. The molecular weight excluding hydrogens is 268 g/mol. The Bertz CT molecular complexity index is 590. The zero-order valence-corrected chi connectivity index (χ0v) is 12.3. The van der Waals surface area contributed by atoms with E-state index in [9.17, 15) is 4.79 Å². The summed E-state index contributed by atoms with van der Waals surface area (Å²) in [5.74, 6) is 0.586. The lowest BCUT2D eigenvalue weighted by Crippen LogP contribution is -2.29. The van der Waals surface area contributed by atoms with E-state index in [4.69, 9.17) is 0 Å². The number of nitrogens with zero attached hydrogens (tertiary/aromatic N) is 1. The second kappa shape index (κ2) is 5.75. The predicted octanol–water partition coefficient (Wildman–Crippen LogP) is 3.59. The summed E-state index contributed by atoms with van der Waals surface area (Å²) in [4.78, 5) is 17.3. The maximum atomic E-state index is 12.3. The zero-order valence-electron chi connectivity index (χ0n) is 11.5. The number of hydrogen-bond donors (Lipinski definition) is 1. The number of hydrogen-bond acceptors (Lipinski definition) is 3. The van der Waals surface area contributed by atoms with Gasteiger partial charge in [-0.05, 0) is 30.7 Å². The molecule has 3 nitrogen and oxygen atoms in total. The molecule has 0 bridgehead atoms. The highest BCUT2D eigenvalue weighted by molar-refractivity contribution is 7.13. The van der Waals surface area contributed by atoms with Crippen LogP contribution in [0.25, 0.3) is 0 Å². The van der Waals surface area contributed by atoms with Gasteiger partial charge in [0.05, 0.1) is 17.2 Å². The van der Waals surface area contributed by atoms with Gasteiger partial charge < -0.3 is 5.32 Å². The van der Waals surface area contributed by atoms with Crippen molar-refractivity contribution >= 4 is 17.2 Å². The highest BCUT2D eigenvalue weighted by Crippen LogP contribution is 2.41. The second-order valence-electron chi connectivity index (χ2n) is 5.17. The number of benzene rings is 1. The minimum absolute atomic E-state index is 0.00273. The van der Waals surface area contributed by atoms with Gasteiger partial charge in [-0.25, -0.2) is 4.98 Å². The highest BCUT2D eigenvalue weighted by Gasteiger charge is 2.33. The van der Waals surface area contributed by atoms with Crippen LogP contribution in [0.2, 0.25) is 0 Å². The summed E-state index contributed by atoms with van der Waals surface area (Å²) in [6.45, 7) is 2.05. The quantitative estimate of drug-likeness (QED) is 0.912. The van der Waals surface area contributed by atoms with E-state index >= 15 is 0 Å². The van der Waals surface area contributed by atoms with Crippen LogP contribution >= 0.6 is 11.3 Å². The van der Waals surface area contributed by atoms with Gasteiger partial charge in [0, 0.05) is 0 Å². The smallest absolute Gasteiger partial charge is 0.263 e. The van der Waals surface area contributed by atoms with E-state index in [1.54, 1.807) is 6.20 Å². The third-order valence-corrected chi connectivity index (χ3v) is 4.76. The van der Waals surface area contributed by atoms with E-state index in [1.807, 2.05) is 18.2 Å². The summed E-state index contributed by atoms with van der Waals surface area (Å²) in [7, 11) is 0. The molecule has 1 aliphatic rings.